The first-order valence-corrected chi connectivity index (χ1v) is 16.6. The van der Waals surface area contributed by atoms with Crippen LogP contribution in [0.25, 0.3) is 0 Å². The zero-order valence-corrected chi connectivity index (χ0v) is 26.1. The Kier molecular flexibility index (Phi) is 16.5. The van der Waals surface area contributed by atoms with Crippen LogP contribution in [0, 0.1) is 0 Å². The summed E-state index contributed by atoms with van der Waals surface area (Å²) in [6.07, 6.45) is 8.92. The van der Waals surface area contributed by atoms with E-state index < -0.39 is 0 Å². The minimum Gasteiger partial charge on any atom is -0.486 e. The quantitative estimate of drug-likeness (QED) is 0.0830. The molecule has 0 radical (unpaired) electrons. The number of carbonyl (C=O) groups is 3. The van der Waals surface area contributed by atoms with E-state index in [-0.39, 0.29) is 12.4 Å². The molecule has 2 aliphatic heterocycles. The number of aldehydes is 1. The molecule has 4 N–H and O–H groups in total. The largest absolute Gasteiger partial charge is 0.486 e. The highest BCUT2D eigenvalue weighted by Crippen LogP contribution is 2.34. The van der Waals surface area contributed by atoms with Crippen molar-refractivity contribution in [3.8, 4) is 5.75 Å². The van der Waals surface area contributed by atoms with Gasteiger partial charge in [0.1, 0.15) is 18.1 Å². The van der Waals surface area contributed by atoms with Crippen LogP contribution in [0.3, 0.4) is 0 Å². The number of hydrogen-bond donors (Lipinski definition) is 3. The van der Waals surface area contributed by atoms with Crippen molar-refractivity contribution in [1.29, 1.82) is 0 Å². The standard InChI is InChI=1S/C32H49N3O7S/c1-24-34-30-23-43-31(32(30)35-24)11-3-2-8-26(37)9-4-6-14-39-16-18-41-19-17-40-15-7-5-10-27(38)22-42-28-13-12-25(21-36)29(33)20-28/h12-13,20-21,30-32,34-35H,1-11,14-19,22-23,33H2. The molecule has 0 amide bonds. The zero-order chi connectivity index (χ0) is 30.7. The Morgan fingerprint density at radius 2 is 1.51 bits per heavy atom. The number of benzene rings is 1. The lowest BCUT2D eigenvalue weighted by Gasteiger charge is -2.17. The minimum absolute atomic E-state index is 0.00238. The lowest BCUT2D eigenvalue weighted by atomic mass is 10.0. The number of ketones is 2. The number of nitrogen functional groups attached to an aromatic ring is 1. The van der Waals surface area contributed by atoms with Gasteiger partial charge < -0.3 is 35.3 Å². The van der Waals surface area contributed by atoms with Gasteiger partial charge in [0, 0.05) is 60.8 Å². The third kappa shape index (κ3) is 13.7. The summed E-state index contributed by atoms with van der Waals surface area (Å²) in [4.78, 5) is 35.0. The molecule has 0 saturated carbocycles. The molecule has 2 heterocycles. The van der Waals surface area contributed by atoms with E-state index in [1.165, 1.54) is 0 Å². The molecule has 2 fully saturated rings. The molecule has 0 bridgehead atoms. The van der Waals surface area contributed by atoms with E-state index in [0.717, 1.165) is 56.5 Å². The molecule has 10 nitrogen and oxygen atoms in total. The molecule has 3 unspecified atom stereocenters. The van der Waals surface area contributed by atoms with E-state index in [9.17, 15) is 14.4 Å². The predicted molar refractivity (Wildman–Crippen MR) is 170 cm³/mol. The Balaban J connectivity index is 1.01. The molecule has 3 atom stereocenters. The number of thioether (sulfide) groups is 1. The number of Topliss-reactive ketones (excluding diaryl/α,β-unsaturated/α-hetero) is 2. The summed E-state index contributed by atoms with van der Waals surface area (Å²) in [5, 5.41) is 7.48. The van der Waals surface area contributed by atoms with Crippen LogP contribution < -0.4 is 21.1 Å². The number of rotatable bonds is 25. The maximum absolute atomic E-state index is 12.2. The van der Waals surface area contributed by atoms with Crippen molar-refractivity contribution in [3.63, 3.8) is 0 Å². The molecule has 3 rings (SSSR count). The van der Waals surface area contributed by atoms with Crippen LogP contribution >= 0.6 is 11.8 Å². The van der Waals surface area contributed by atoms with Crippen molar-refractivity contribution in [2.45, 2.75) is 81.5 Å². The highest BCUT2D eigenvalue weighted by atomic mass is 32.2. The molecule has 11 heteroatoms. The zero-order valence-electron chi connectivity index (χ0n) is 25.3. The Bertz CT molecular complexity index is 1020. The second kappa shape index (κ2) is 20.4. The topological polar surface area (TPSA) is 138 Å². The van der Waals surface area contributed by atoms with Crippen LogP contribution in [-0.4, -0.2) is 87.2 Å². The number of fused-ring (bicyclic) bond motifs is 1. The van der Waals surface area contributed by atoms with Crippen LogP contribution in [0.2, 0.25) is 0 Å². The second-order valence-corrected chi connectivity index (χ2v) is 12.3. The number of nitrogens with two attached hydrogens (primary N) is 1. The van der Waals surface area contributed by atoms with Gasteiger partial charge in [-0.3, -0.25) is 14.4 Å². The summed E-state index contributed by atoms with van der Waals surface area (Å²) in [5.74, 6) is 2.91. The van der Waals surface area contributed by atoms with Crippen molar-refractivity contribution in [3.05, 3.63) is 36.2 Å². The monoisotopic (exact) mass is 619 g/mol. The lowest BCUT2D eigenvalue weighted by molar-refractivity contribution is -0.121. The van der Waals surface area contributed by atoms with Gasteiger partial charge in [-0.05, 0) is 50.7 Å². The molecule has 1 aromatic rings. The van der Waals surface area contributed by atoms with Crippen LogP contribution in [-0.2, 0) is 23.8 Å². The fraction of sp³-hybridized carbons (Fsp3) is 0.656. The van der Waals surface area contributed by atoms with Gasteiger partial charge in [0.15, 0.2) is 12.1 Å². The molecule has 0 spiro atoms. The fourth-order valence-corrected chi connectivity index (χ4v) is 6.66. The van der Waals surface area contributed by atoms with Gasteiger partial charge in [-0.15, -0.1) is 0 Å². The number of ether oxygens (including phenoxy) is 4. The summed E-state index contributed by atoms with van der Waals surface area (Å²) in [6, 6.07) is 5.73. The van der Waals surface area contributed by atoms with Gasteiger partial charge in [0.05, 0.1) is 44.3 Å². The van der Waals surface area contributed by atoms with E-state index in [2.05, 4.69) is 17.2 Å². The maximum Gasteiger partial charge on any atom is 0.170 e. The first kappa shape index (κ1) is 34.9. The third-order valence-electron chi connectivity index (χ3n) is 7.54. The van der Waals surface area contributed by atoms with E-state index >= 15 is 0 Å². The number of carbonyl (C=O) groups excluding carboxylic acids is 3. The summed E-state index contributed by atoms with van der Waals surface area (Å²) in [6.45, 7) is 7.21. The smallest absolute Gasteiger partial charge is 0.170 e. The first-order chi connectivity index (χ1) is 21.0. The predicted octanol–water partition coefficient (Wildman–Crippen LogP) is 4.07. The Labute approximate surface area is 260 Å². The van der Waals surface area contributed by atoms with Crippen LogP contribution in [0.1, 0.15) is 74.6 Å². The number of hydrogen-bond acceptors (Lipinski definition) is 11. The SMILES string of the molecule is C=C1NC2CSC(CCCCC(=O)CCCCOCCOCCOCCCCC(=O)COc3ccc(C=O)c(N)c3)C2N1. The van der Waals surface area contributed by atoms with E-state index in [1.54, 1.807) is 18.2 Å². The van der Waals surface area contributed by atoms with E-state index in [4.69, 9.17) is 24.7 Å². The molecular formula is C32H49N3O7S. The summed E-state index contributed by atoms with van der Waals surface area (Å²) in [5.41, 5.74) is 6.47. The highest BCUT2D eigenvalue weighted by Gasteiger charge is 2.40. The lowest BCUT2D eigenvalue weighted by Crippen LogP contribution is -2.36. The Morgan fingerprint density at radius 3 is 2.16 bits per heavy atom. The van der Waals surface area contributed by atoms with Gasteiger partial charge in [-0.2, -0.15) is 11.8 Å². The average Bonchev–Trinajstić information content (AvgIpc) is 3.55. The molecule has 1 aromatic carbocycles. The van der Waals surface area contributed by atoms with Gasteiger partial charge in [0.2, 0.25) is 0 Å². The molecule has 43 heavy (non-hydrogen) atoms. The summed E-state index contributed by atoms with van der Waals surface area (Å²) < 4.78 is 22.1. The third-order valence-corrected chi connectivity index (χ3v) is 9.04. The number of nitrogens with one attached hydrogen (secondary N) is 2. The van der Waals surface area contributed by atoms with Crippen molar-refractivity contribution in [2.75, 3.05) is 57.7 Å². The Hall–Kier alpha value is -2.60. The average molecular weight is 620 g/mol. The van der Waals surface area contributed by atoms with Crippen molar-refractivity contribution in [2.24, 2.45) is 0 Å². The van der Waals surface area contributed by atoms with Gasteiger partial charge in [-0.25, -0.2) is 0 Å². The van der Waals surface area contributed by atoms with E-state index in [0.29, 0.717) is 105 Å². The fourth-order valence-electron chi connectivity index (χ4n) is 5.12. The van der Waals surface area contributed by atoms with E-state index in [1.807, 2.05) is 11.8 Å². The van der Waals surface area contributed by atoms with Crippen molar-refractivity contribution < 1.29 is 33.3 Å². The molecule has 2 aliphatic rings. The second-order valence-electron chi connectivity index (χ2n) is 11.0. The molecule has 0 aliphatic carbocycles. The first-order valence-electron chi connectivity index (χ1n) is 15.5. The highest BCUT2D eigenvalue weighted by molar-refractivity contribution is 8.00. The van der Waals surface area contributed by atoms with Gasteiger partial charge >= 0.3 is 0 Å². The van der Waals surface area contributed by atoms with Crippen molar-refractivity contribution in [1.82, 2.24) is 10.6 Å². The van der Waals surface area contributed by atoms with Gasteiger partial charge in [-0.1, -0.05) is 13.0 Å². The van der Waals surface area contributed by atoms with Crippen LogP contribution in [0.4, 0.5) is 5.69 Å². The van der Waals surface area contributed by atoms with Crippen molar-refractivity contribution >= 4 is 35.3 Å². The normalized spacial score (nSPS) is 19.1. The molecule has 0 aromatic heterocycles. The summed E-state index contributed by atoms with van der Waals surface area (Å²) in [7, 11) is 0. The van der Waals surface area contributed by atoms with Crippen LogP contribution in [0.5, 0.6) is 5.75 Å². The molecule has 240 valence electrons. The molecule has 2 saturated heterocycles. The maximum atomic E-state index is 12.2. The molecular weight excluding hydrogens is 570 g/mol. The minimum atomic E-state index is -0.0242. The van der Waals surface area contributed by atoms with Gasteiger partial charge in [0.25, 0.3) is 0 Å². The number of anilines is 1. The Morgan fingerprint density at radius 1 is 0.884 bits per heavy atom. The summed E-state index contributed by atoms with van der Waals surface area (Å²) >= 11 is 2.03. The number of unbranched alkanes of at least 4 members (excludes halogenated alkanes) is 3. The van der Waals surface area contributed by atoms with Crippen LogP contribution in [0.15, 0.2) is 30.6 Å².